The van der Waals surface area contributed by atoms with E-state index in [1.54, 1.807) is 7.11 Å². The summed E-state index contributed by atoms with van der Waals surface area (Å²) >= 11 is 0. The number of aromatic nitrogens is 1. The van der Waals surface area contributed by atoms with E-state index in [2.05, 4.69) is 77.4 Å². The second-order valence-corrected chi connectivity index (χ2v) is 14.1. The fourth-order valence-corrected chi connectivity index (χ4v) is 7.44. The maximum Gasteiger partial charge on any atom is 0.131 e. The molecule has 0 spiro atoms. The molecule has 3 fully saturated rings. The third-order valence-corrected chi connectivity index (χ3v) is 9.51. The smallest absolute Gasteiger partial charge is 0.131 e. The highest BCUT2D eigenvalue weighted by atomic mass is 16.5. The highest BCUT2D eigenvalue weighted by molar-refractivity contribution is 5.82. The van der Waals surface area contributed by atoms with E-state index in [4.69, 9.17) is 4.74 Å². The number of quaternary nitrogens is 1. The van der Waals surface area contributed by atoms with Crippen LogP contribution < -0.4 is 4.74 Å². The molecule has 3 aromatic rings. The van der Waals surface area contributed by atoms with Crippen LogP contribution in [0.1, 0.15) is 82.7 Å². The molecule has 4 heteroatoms. The zero-order valence-corrected chi connectivity index (χ0v) is 25.0. The van der Waals surface area contributed by atoms with Gasteiger partial charge in [-0.25, -0.2) is 0 Å². The lowest BCUT2D eigenvalue weighted by Crippen LogP contribution is -2.67. The molecule has 208 valence electrons. The fourth-order valence-electron chi connectivity index (χ4n) is 7.44. The van der Waals surface area contributed by atoms with Gasteiger partial charge in [-0.05, 0) is 46.6 Å². The van der Waals surface area contributed by atoms with E-state index in [1.165, 1.54) is 23.1 Å². The second-order valence-electron chi connectivity index (χ2n) is 14.1. The van der Waals surface area contributed by atoms with Crippen LogP contribution in [0.25, 0.3) is 10.9 Å². The van der Waals surface area contributed by atoms with Gasteiger partial charge in [-0.3, -0.25) is 4.98 Å². The molecule has 4 heterocycles. The first-order valence-electron chi connectivity index (χ1n) is 14.6. The predicted octanol–water partition coefficient (Wildman–Crippen LogP) is 7.48. The van der Waals surface area contributed by atoms with Crippen LogP contribution >= 0.6 is 0 Å². The first-order valence-corrected chi connectivity index (χ1v) is 14.6. The van der Waals surface area contributed by atoms with E-state index < -0.39 is 6.10 Å². The molecule has 0 aliphatic carbocycles. The molecule has 0 radical (unpaired) electrons. The number of hydrogen-bond donors (Lipinski definition) is 1. The molecule has 4 nitrogen and oxygen atoms in total. The lowest BCUT2D eigenvalue weighted by Gasteiger charge is -2.58. The van der Waals surface area contributed by atoms with Gasteiger partial charge in [-0.2, -0.15) is 0 Å². The largest absolute Gasteiger partial charge is 0.496 e. The maximum atomic E-state index is 12.1. The van der Waals surface area contributed by atoms with Crippen LogP contribution in [0.2, 0.25) is 0 Å². The second kappa shape index (κ2) is 10.1. The summed E-state index contributed by atoms with van der Waals surface area (Å²) in [5, 5.41) is 13.2. The highest BCUT2D eigenvalue weighted by Gasteiger charge is 2.54. The Morgan fingerprint density at radius 2 is 1.74 bits per heavy atom. The van der Waals surface area contributed by atoms with E-state index in [0.717, 1.165) is 52.8 Å². The van der Waals surface area contributed by atoms with Crippen LogP contribution in [0, 0.1) is 11.8 Å². The van der Waals surface area contributed by atoms with Crippen molar-refractivity contribution in [3.8, 4) is 5.75 Å². The average Bonchev–Trinajstić information content (AvgIpc) is 2.90. The van der Waals surface area contributed by atoms with Gasteiger partial charge in [0.2, 0.25) is 0 Å². The van der Waals surface area contributed by atoms with Crippen LogP contribution in [-0.4, -0.2) is 40.8 Å². The van der Waals surface area contributed by atoms with Crippen LogP contribution in [0.15, 0.2) is 61.3 Å². The first kappa shape index (κ1) is 27.9. The van der Waals surface area contributed by atoms with E-state index in [-0.39, 0.29) is 16.9 Å². The Balaban J connectivity index is 1.62. The normalized spacial score (nSPS) is 26.0. The number of hydrogen-bond acceptors (Lipinski definition) is 3. The Bertz CT molecular complexity index is 1320. The minimum atomic E-state index is -0.547. The van der Waals surface area contributed by atoms with E-state index in [1.807, 2.05) is 30.5 Å². The molecule has 1 N–H and O–H groups in total. The Hall–Kier alpha value is -2.69. The Kier molecular flexibility index (Phi) is 7.18. The highest BCUT2D eigenvalue weighted by Crippen LogP contribution is 2.49. The summed E-state index contributed by atoms with van der Waals surface area (Å²) < 4.78 is 6.96. The van der Waals surface area contributed by atoms with Gasteiger partial charge in [0, 0.05) is 47.0 Å². The van der Waals surface area contributed by atoms with Gasteiger partial charge in [-0.1, -0.05) is 65.8 Å². The van der Waals surface area contributed by atoms with Gasteiger partial charge in [0.15, 0.2) is 0 Å². The summed E-state index contributed by atoms with van der Waals surface area (Å²) in [5.74, 6) is 2.08. The van der Waals surface area contributed by atoms with Gasteiger partial charge in [0.05, 0.1) is 25.7 Å². The molecule has 39 heavy (non-hydrogen) atoms. The summed E-state index contributed by atoms with van der Waals surface area (Å²) in [6.45, 7) is 20.9. The lowest BCUT2D eigenvalue weighted by atomic mass is 9.70. The predicted molar refractivity (Wildman–Crippen MR) is 161 cm³/mol. The number of rotatable bonds is 6. The topological polar surface area (TPSA) is 42.4 Å². The third kappa shape index (κ3) is 5.02. The minimum Gasteiger partial charge on any atom is -0.496 e. The van der Waals surface area contributed by atoms with Crippen LogP contribution in [0.5, 0.6) is 5.75 Å². The molecule has 3 aliphatic heterocycles. The zero-order valence-electron chi connectivity index (χ0n) is 25.0. The number of piperidine rings is 3. The number of aliphatic hydroxyl groups excluding tert-OH is 1. The Morgan fingerprint density at radius 1 is 1.08 bits per heavy atom. The summed E-state index contributed by atoms with van der Waals surface area (Å²) in [7, 11) is 1.80. The molecule has 1 unspecified atom stereocenters. The van der Waals surface area contributed by atoms with Crippen molar-refractivity contribution in [2.24, 2.45) is 11.8 Å². The Morgan fingerprint density at radius 3 is 2.36 bits per heavy atom. The van der Waals surface area contributed by atoms with E-state index >= 15 is 0 Å². The average molecular weight is 528 g/mol. The number of aliphatic hydroxyl groups is 1. The molecule has 5 atom stereocenters. The fraction of sp³-hybridized carbons (Fsp3) is 0.514. The summed E-state index contributed by atoms with van der Waals surface area (Å²) in [5.41, 5.74) is 5.71. The number of benzene rings is 2. The number of fused-ring (bicyclic) bond motifs is 4. The summed E-state index contributed by atoms with van der Waals surface area (Å²) in [4.78, 5) is 4.57. The summed E-state index contributed by atoms with van der Waals surface area (Å²) in [6, 6.07) is 15.1. The third-order valence-electron chi connectivity index (χ3n) is 9.51. The van der Waals surface area contributed by atoms with Crippen molar-refractivity contribution in [2.45, 2.75) is 83.9 Å². The molecule has 2 aromatic carbocycles. The van der Waals surface area contributed by atoms with Crippen molar-refractivity contribution in [1.29, 1.82) is 0 Å². The molecular weight excluding hydrogens is 480 g/mol. The zero-order chi connectivity index (χ0) is 28.2. The molecule has 0 saturated carbocycles. The molecule has 0 amide bonds. The Labute approximate surface area is 235 Å². The van der Waals surface area contributed by atoms with Gasteiger partial charge in [-0.15, -0.1) is 6.58 Å². The minimum absolute atomic E-state index is 0.0469. The first-order chi connectivity index (χ1) is 18.4. The molecule has 2 bridgehead atoms. The van der Waals surface area contributed by atoms with Crippen molar-refractivity contribution >= 4 is 10.9 Å². The number of ether oxygens (including phenoxy) is 1. The number of pyridine rings is 1. The number of methoxy groups -OCH3 is 1. The van der Waals surface area contributed by atoms with E-state index in [9.17, 15) is 5.11 Å². The SMILES string of the molecule is C=C[C@H]1C[N+]2(Cc3cc(C(C)(C)C)c(OC)c(C(C)(C)C)c3)CC[C@H]1C[C@H]2[C@H](O)c1ccnc2ccccc12. The van der Waals surface area contributed by atoms with Crippen molar-refractivity contribution < 1.29 is 14.3 Å². The van der Waals surface area contributed by atoms with Crippen LogP contribution in [0.4, 0.5) is 0 Å². The molecule has 3 aliphatic rings. The van der Waals surface area contributed by atoms with Gasteiger partial charge < -0.3 is 14.3 Å². The van der Waals surface area contributed by atoms with Crippen LogP contribution in [0.3, 0.4) is 0 Å². The molecule has 1 aromatic heterocycles. The van der Waals surface area contributed by atoms with Gasteiger partial charge in [0.1, 0.15) is 24.4 Å². The van der Waals surface area contributed by atoms with E-state index in [0.29, 0.717) is 11.8 Å². The standard InChI is InChI=1S/C35H47N2O2/c1-9-24-22-37(21-23-18-28(34(2,3)4)33(39-8)29(19-23)35(5,6)7)17-15-25(24)20-31(37)32(38)27-14-16-36-30-13-11-10-12-26(27)30/h9-14,16,18-19,24-25,31-32,38H,1,15,17,20-22H2,2-8H3/q+1/t24-,25-,31-,32+,37?/m0/s1. The van der Waals surface area contributed by atoms with Crippen molar-refractivity contribution in [3.63, 3.8) is 0 Å². The molecular formula is C35H47N2O2+. The lowest BCUT2D eigenvalue weighted by molar-refractivity contribution is -0.984. The van der Waals surface area contributed by atoms with Gasteiger partial charge in [0.25, 0.3) is 0 Å². The maximum absolute atomic E-state index is 12.1. The quantitative estimate of drug-likeness (QED) is 0.267. The molecule has 3 saturated heterocycles. The van der Waals surface area contributed by atoms with Crippen LogP contribution in [-0.2, 0) is 17.4 Å². The monoisotopic (exact) mass is 527 g/mol. The summed E-state index contributed by atoms with van der Waals surface area (Å²) in [6.07, 6.45) is 5.68. The van der Waals surface area contributed by atoms with Crippen molar-refractivity contribution in [1.82, 2.24) is 4.98 Å². The van der Waals surface area contributed by atoms with Crippen molar-refractivity contribution in [3.05, 3.63) is 83.6 Å². The van der Waals surface area contributed by atoms with Gasteiger partial charge >= 0.3 is 0 Å². The number of nitrogens with zero attached hydrogens (tertiary/aromatic N) is 2. The number of para-hydroxylation sites is 1. The molecule has 6 rings (SSSR count). The van der Waals surface area contributed by atoms with Crippen molar-refractivity contribution in [2.75, 3.05) is 20.2 Å².